The molecule has 1 fully saturated rings. The van der Waals surface area contributed by atoms with Gasteiger partial charge < -0.3 is 15.4 Å². The van der Waals surface area contributed by atoms with E-state index in [2.05, 4.69) is 48.5 Å². The minimum absolute atomic E-state index is 0. The molecule has 156 valence electrons. The number of hydrogen-bond acceptors (Lipinski definition) is 4. The van der Waals surface area contributed by atoms with Crippen molar-refractivity contribution in [2.24, 2.45) is 10.4 Å². The summed E-state index contributed by atoms with van der Waals surface area (Å²) in [7, 11) is 1.80. The number of aromatic nitrogens is 3. The van der Waals surface area contributed by atoms with Crippen LogP contribution in [0.1, 0.15) is 46.4 Å². The molecule has 1 aliphatic carbocycles. The number of pyridine rings is 1. The van der Waals surface area contributed by atoms with E-state index < -0.39 is 0 Å². The first-order valence-corrected chi connectivity index (χ1v) is 9.80. The van der Waals surface area contributed by atoms with Gasteiger partial charge in [0.1, 0.15) is 5.82 Å². The van der Waals surface area contributed by atoms with Crippen molar-refractivity contribution < 1.29 is 4.74 Å². The Morgan fingerprint density at radius 1 is 1.32 bits per heavy atom. The van der Waals surface area contributed by atoms with Crippen molar-refractivity contribution in [3.63, 3.8) is 0 Å². The number of rotatable bonds is 7. The Balaban J connectivity index is 0.00000280. The molecule has 7 nitrogen and oxygen atoms in total. The van der Waals surface area contributed by atoms with Gasteiger partial charge in [0.2, 0.25) is 0 Å². The van der Waals surface area contributed by atoms with Crippen LogP contribution in [0.25, 0.3) is 5.65 Å². The van der Waals surface area contributed by atoms with Gasteiger partial charge in [-0.1, -0.05) is 19.9 Å². The third-order valence-corrected chi connectivity index (χ3v) is 6.15. The van der Waals surface area contributed by atoms with E-state index in [0.717, 1.165) is 49.8 Å². The molecule has 2 N–H and O–H groups in total. The molecule has 3 rings (SSSR count). The number of ether oxygens (including phenoxy) is 1. The van der Waals surface area contributed by atoms with Crippen molar-refractivity contribution >= 4 is 35.6 Å². The average Bonchev–Trinajstić information content (AvgIpc) is 3.07. The fraction of sp³-hybridized carbons (Fsp3) is 0.650. The molecule has 2 aromatic heterocycles. The quantitative estimate of drug-likeness (QED) is 0.265. The summed E-state index contributed by atoms with van der Waals surface area (Å²) in [5, 5.41) is 15.4. The zero-order valence-electron chi connectivity index (χ0n) is 17.5. The molecule has 1 saturated carbocycles. The van der Waals surface area contributed by atoms with Crippen LogP contribution in [0.2, 0.25) is 0 Å². The summed E-state index contributed by atoms with van der Waals surface area (Å²) >= 11 is 0. The first-order chi connectivity index (χ1) is 12.9. The molecule has 0 aromatic carbocycles. The summed E-state index contributed by atoms with van der Waals surface area (Å²) in [6, 6.07) is 6.29. The molecule has 8 heteroatoms. The lowest BCUT2D eigenvalue weighted by molar-refractivity contribution is -0.176. The van der Waals surface area contributed by atoms with E-state index in [4.69, 9.17) is 9.73 Å². The molecule has 2 unspecified atom stereocenters. The van der Waals surface area contributed by atoms with Gasteiger partial charge in [0, 0.05) is 44.3 Å². The van der Waals surface area contributed by atoms with Gasteiger partial charge in [0.25, 0.3) is 0 Å². The number of hydrogen-bond donors (Lipinski definition) is 2. The summed E-state index contributed by atoms with van der Waals surface area (Å²) in [5.74, 6) is 1.86. The van der Waals surface area contributed by atoms with Crippen LogP contribution in [0.15, 0.2) is 29.4 Å². The average molecular weight is 500 g/mol. The van der Waals surface area contributed by atoms with Gasteiger partial charge in [-0.05, 0) is 38.8 Å². The van der Waals surface area contributed by atoms with Gasteiger partial charge in [0.05, 0.1) is 5.60 Å². The standard InChI is InChI=1S/C20H32N6O.HI/c1-6-21-18(23-15-14-20(4,27-5)19(15,2)3)22-12-9-11-17-25-24-16-10-7-8-13-26(16)17;/h7-8,10,13,15H,6,9,11-12,14H2,1-5H3,(H2,21,22,23);1H. The molecule has 2 atom stereocenters. The van der Waals surface area contributed by atoms with Gasteiger partial charge in [-0.2, -0.15) is 0 Å². The first kappa shape index (κ1) is 22.9. The molecule has 0 bridgehead atoms. The fourth-order valence-corrected chi connectivity index (χ4v) is 3.70. The summed E-state index contributed by atoms with van der Waals surface area (Å²) in [4.78, 5) is 4.75. The maximum absolute atomic E-state index is 5.72. The predicted octanol–water partition coefficient (Wildman–Crippen LogP) is 3.04. The normalized spacial score (nSPS) is 23.8. The Labute approximate surface area is 184 Å². The number of aliphatic imine (C=N–C) groups is 1. The summed E-state index contributed by atoms with van der Waals surface area (Å²) < 4.78 is 7.76. The molecule has 0 saturated heterocycles. The van der Waals surface area contributed by atoms with Crippen LogP contribution in [0.4, 0.5) is 0 Å². The second kappa shape index (κ2) is 9.39. The van der Waals surface area contributed by atoms with Gasteiger partial charge in [-0.25, -0.2) is 0 Å². The second-order valence-electron chi connectivity index (χ2n) is 7.97. The molecule has 2 aromatic rings. The number of methoxy groups -OCH3 is 1. The highest BCUT2D eigenvalue weighted by Gasteiger charge is 2.58. The number of guanidine groups is 1. The third kappa shape index (κ3) is 4.42. The molecule has 2 heterocycles. The number of nitrogens with one attached hydrogen (secondary N) is 2. The minimum Gasteiger partial charge on any atom is -0.378 e. The fourth-order valence-electron chi connectivity index (χ4n) is 3.70. The van der Waals surface area contributed by atoms with Crippen LogP contribution in [0.3, 0.4) is 0 Å². The Kier molecular flexibility index (Phi) is 7.66. The largest absolute Gasteiger partial charge is 0.378 e. The van der Waals surface area contributed by atoms with Crippen molar-refractivity contribution in [3.8, 4) is 0 Å². The summed E-state index contributed by atoms with van der Waals surface area (Å²) in [5.41, 5.74) is 0.856. The van der Waals surface area contributed by atoms with E-state index >= 15 is 0 Å². The molecular formula is C20H33IN6O. The maximum atomic E-state index is 5.72. The first-order valence-electron chi connectivity index (χ1n) is 9.80. The maximum Gasteiger partial charge on any atom is 0.191 e. The highest BCUT2D eigenvalue weighted by atomic mass is 127. The highest BCUT2D eigenvalue weighted by Crippen LogP contribution is 2.51. The summed E-state index contributed by atoms with van der Waals surface area (Å²) in [6.07, 6.45) is 4.76. The Hall–Kier alpha value is -1.42. The van der Waals surface area contributed by atoms with Crippen LogP contribution in [0.5, 0.6) is 0 Å². The van der Waals surface area contributed by atoms with Gasteiger partial charge in [-0.15, -0.1) is 34.2 Å². The van der Waals surface area contributed by atoms with E-state index in [1.54, 1.807) is 7.11 Å². The van der Waals surface area contributed by atoms with Crippen LogP contribution in [-0.2, 0) is 11.2 Å². The molecule has 1 aliphatic rings. The molecule has 0 spiro atoms. The van der Waals surface area contributed by atoms with Crippen molar-refractivity contribution in [2.45, 2.75) is 58.6 Å². The topological polar surface area (TPSA) is 75.8 Å². The molecule has 0 radical (unpaired) electrons. The van der Waals surface area contributed by atoms with E-state index in [1.165, 1.54) is 0 Å². The SMILES string of the molecule is CCNC(=NCCCc1nnc2ccccn12)NC1CC(C)(OC)C1(C)C.I. The smallest absolute Gasteiger partial charge is 0.191 e. The third-order valence-electron chi connectivity index (χ3n) is 6.15. The molecular weight excluding hydrogens is 467 g/mol. The number of nitrogens with zero attached hydrogens (tertiary/aromatic N) is 4. The molecule has 0 amide bonds. The van der Waals surface area contributed by atoms with E-state index in [0.29, 0.717) is 6.04 Å². The zero-order valence-corrected chi connectivity index (χ0v) is 19.9. The van der Waals surface area contributed by atoms with E-state index in [1.807, 2.05) is 28.8 Å². The van der Waals surface area contributed by atoms with Gasteiger partial charge in [0.15, 0.2) is 11.6 Å². The van der Waals surface area contributed by atoms with E-state index in [9.17, 15) is 0 Å². The van der Waals surface area contributed by atoms with Crippen molar-refractivity contribution in [3.05, 3.63) is 30.2 Å². The lowest BCUT2D eigenvalue weighted by Crippen LogP contribution is -2.69. The Morgan fingerprint density at radius 3 is 2.79 bits per heavy atom. The minimum atomic E-state index is -0.0866. The monoisotopic (exact) mass is 500 g/mol. The molecule has 0 aliphatic heterocycles. The summed E-state index contributed by atoms with van der Waals surface area (Å²) in [6.45, 7) is 10.3. The Morgan fingerprint density at radius 2 is 2.11 bits per heavy atom. The lowest BCUT2D eigenvalue weighted by Gasteiger charge is -2.59. The number of halogens is 1. The van der Waals surface area contributed by atoms with Gasteiger partial charge >= 0.3 is 0 Å². The van der Waals surface area contributed by atoms with Crippen LogP contribution in [-0.4, -0.2) is 52.4 Å². The van der Waals surface area contributed by atoms with E-state index in [-0.39, 0.29) is 35.0 Å². The van der Waals surface area contributed by atoms with Crippen molar-refractivity contribution in [2.75, 3.05) is 20.2 Å². The molecule has 28 heavy (non-hydrogen) atoms. The van der Waals surface area contributed by atoms with Crippen LogP contribution >= 0.6 is 24.0 Å². The Bertz CT molecular complexity index is 805. The lowest BCUT2D eigenvalue weighted by atomic mass is 9.56. The zero-order chi connectivity index (χ0) is 19.5. The highest BCUT2D eigenvalue weighted by molar-refractivity contribution is 14.0. The van der Waals surface area contributed by atoms with Crippen LogP contribution in [0, 0.1) is 5.41 Å². The van der Waals surface area contributed by atoms with Crippen LogP contribution < -0.4 is 10.6 Å². The van der Waals surface area contributed by atoms with Crippen molar-refractivity contribution in [1.82, 2.24) is 25.2 Å². The van der Waals surface area contributed by atoms with Gasteiger partial charge in [-0.3, -0.25) is 9.39 Å². The van der Waals surface area contributed by atoms with Crippen molar-refractivity contribution in [1.29, 1.82) is 0 Å². The second-order valence-corrected chi connectivity index (χ2v) is 7.97. The predicted molar refractivity (Wildman–Crippen MR) is 123 cm³/mol. The number of fused-ring (bicyclic) bond motifs is 1. The number of aryl methyl sites for hydroxylation is 1.